The first kappa shape index (κ1) is 21.1. The van der Waals surface area contributed by atoms with Crippen LogP contribution < -0.4 is 23.8 Å². The fourth-order valence-electron chi connectivity index (χ4n) is 4.25. The number of Topliss-reactive ketones (excluding diaryl/α,β-unsaturated/α-hetero) is 1. The summed E-state index contributed by atoms with van der Waals surface area (Å²) in [5.74, 6) is 2.15. The number of piperidine rings is 1. The summed E-state index contributed by atoms with van der Waals surface area (Å²) in [5, 5.41) is 10.5. The quantitative estimate of drug-likeness (QED) is 0.692. The number of quaternary nitrogens is 1. The highest BCUT2D eigenvalue weighted by Crippen LogP contribution is 2.41. The second-order valence-electron chi connectivity index (χ2n) is 7.82. The SMILES string of the molecule is COc1cc(OC)c(OC)cc1/C=C1/Oc2c(ccc(O)c2C[NH+]2CCCCC2)C1=O. The average molecular weight is 426 g/mol. The smallest absolute Gasteiger partial charge is 0.231 e. The number of fused-ring (bicyclic) bond motifs is 1. The highest BCUT2D eigenvalue weighted by atomic mass is 16.5. The van der Waals surface area contributed by atoms with Gasteiger partial charge in [0.05, 0.1) is 45.5 Å². The number of ether oxygens (including phenoxy) is 4. The monoisotopic (exact) mass is 426 g/mol. The van der Waals surface area contributed by atoms with Crippen LogP contribution in [0.1, 0.15) is 40.7 Å². The molecule has 164 valence electrons. The number of aromatic hydroxyl groups is 1. The predicted molar refractivity (Wildman–Crippen MR) is 115 cm³/mol. The Kier molecular flexibility index (Phi) is 6.04. The number of likely N-dealkylation sites (tertiary alicyclic amines) is 1. The molecule has 2 aliphatic rings. The molecule has 1 saturated heterocycles. The van der Waals surface area contributed by atoms with Gasteiger partial charge in [0.15, 0.2) is 23.0 Å². The molecule has 31 heavy (non-hydrogen) atoms. The van der Waals surface area contributed by atoms with E-state index in [4.69, 9.17) is 18.9 Å². The molecule has 0 amide bonds. The normalized spacial score (nSPS) is 17.4. The van der Waals surface area contributed by atoms with E-state index in [1.165, 1.54) is 24.2 Å². The first-order chi connectivity index (χ1) is 15.0. The zero-order valence-electron chi connectivity index (χ0n) is 18.1. The Labute approximate surface area is 181 Å². The second kappa shape index (κ2) is 8.89. The molecule has 2 aromatic carbocycles. The summed E-state index contributed by atoms with van der Waals surface area (Å²) in [4.78, 5) is 14.4. The number of allylic oxidation sites excluding steroid dienone is 1. The molecule has 0 aliphatic carbocycles. The van der Waals surface area contributed by atoms with E-state index in [1.54, 1.807) is 51.7 Å². The van der Waals surface area contributed by atoms with E-state index in [1.807, 2.05) is 0 Å². The lowest BCUT2D eigenvalue weighted by Gasteiger charge is -2.24. The number of hydrogen-bond donors (Lipinski definition) is 2. The molecule has 1 fully saturated rings. The molecule has 4 rings (SSSR count). The first-order valence-electron chi connectivity index (χ1n) is 10.5. The Morgan fingerprint density at radius 2 is 1.68 bits per heavy atom. The lowest BCUT2D eigenvalue weighted by atomic mass is 10.0. The highest BCUT2D eigenvalue weighted by molar-refractivity contribution is 6.15. The number of benzene rings is 2. The van der Waals surface area contributed by atoms with Crippen LogP contribution in [0.15, 0.2) is 30.0 Å². The van der Waals surface area contributed by atoms with Gasteiger partial charge in [-0.25, -0.2) is 0 Å². The van der Waals surface area contributed by atoms with E-state index in [-0.39, 0.29) is 17.3 Å². The van der Waals surface area contributed by atoms with E-state index < -0.39 is 0 Å². The Morgan fingerprint density at radius 3 is 2.35 bits per heavy atom. The number of phenols is 1. The average Bonchev–Trinajstić information content (AvgIpc) is 3.11. The van der Waals surface area contributed by atoms with Crippen molar-refractivity contribution in [2.24, 2.45) is 0 Å². The summed E-state index contributed by atoms with van der Waals surface area (Å²) in [6, 6.07) is 6.64. The van der Waals surface area contributed by atoms with Crippen LogP contribution in [0.25, 0.3) is 6.08 Å². The Balaban J connectivity index is 1.69. The van der Waals surface area contributed by atoms with E-state index in [2.05, 4.69) is 0 Å². The van der Waals surface area contributed by atoms with Gasteiger partial charge >= 0.3 is 0 Å². The van der Waals surface area contributed by atoms with Gasteiger partial charge in [-0.15, -0.1) is 0 Å². The van der Waals surface area contributed by atoms with Gasteiger partial charge in [0.2, 0.25) is 5.78 Å². The molecule has 0 atom stereocenters. The molecule has 2 heterocycles. The Bertz CT molecular complexity index is 1020. The van der Waals surface area contributed by atoms with E-state index >= 15 is 0 Å². The summed E-state index contributed by atoms with van der Waals surface area (Å²) in [5.41, 5.74) is 1.78. The fraction of sp³-hybridized carbons (Fsp3) is 0.375. The molecular formula is C24H28NO6+. The van der Waals surface area contributed by atoms with Gasteiger partial charge in [0, 0.05) is 11.6 Å². The van der Waals surface area contributed by atoms with Gasteiger partial charge in [-0.2, -0.15) is 0 Å². The largest absolute Gasteiger partial charge is 0.507 e. The molecule has 0 bridgehead atoms. The molecule has 2 aliphatic heterocycles. The maximum atomic E-state index is 13.1. The number of phenolic OH excluding ortho intramolecular Hbond substituents is 1. The van der Waals surface area contributed by atoms with Crippen LogP contribution in [0, 0.1) is 0 Å². The molecule has 0 spiro atoms. The number of nitrogens with one attached hydrogen (secondary N) is 1. The van der Waals surface area contributed by atoms with Crippen LogP contribution in [0.2, 0.25) is 0 Å². The maximum absolute atomic E-state index is 13.1. The maximum Gasteiger partial charge on any atom is 0.231 e. The topological polar surface area (TPSA) is 78.7 Å². The van der Waals surface area contributed by atoms with E-state index in [0.717, 1.165) is 13.1 Å². The predicted octanol–water partition coefficient (Wildman–Crippen LogP) is 2.60. The molecular weight excluding hydrogens is 398 g/mol. The number of hydrogen-bond acceptors (Lipinski definition) is 6. The van der Waals surface area contributed by atoms with Crippen LogP contribution in [0.3, 0.4) is 0 Å². The Hall–Kier alpha value is -3.19. The molecule has 2 aromatic rings. The van der Waals surface area contributed by atoms with E-state index in [0.29, 0.717) is 46.2 Å². The lowest BCUT2D eigenvalue weighted by molar-refractivity contribution is -0.918. The fourth-order valence-corrected chi connectivity index (χ4v) is 4.25. The van der Waals surface area contributed by atoms with Crippen molar-refractivity contribution in [2.45, 2.75) is 25.8 Å². The minimum atomic E-state index is -0.221. The molecule has 0 unspecified atom stereocenters. The zero-order valence-corrected chi connectivity index (χ0v) is 18.1. The molecule has 0 aromatic heterocycles. The van der Waals surface area contributed by atoms with Crippen molar-refractivity contribution in [1.82, 2.24) is 0 Å². The molecule has 0 radical (unpaired) electrons. The van der Waals surface area contributed by atoms with Gasteiger partial charge in [-0.3, -0.25) is 4.79 Å². The van der Waals surface area contributed by atoms with Crippen LogP contribution >= 0.6 is 0 Å². The van der Waals surface area contributed by atoms with Crippen LogP contribution in [-0.4, -0.2) is 45.3 Å². The van der Waals surface area contributed by atoms with Gasteiger partial charge in [-0.05, 0) is 43.5 Å². The van der Waals surface area contributed by atoms with Crippen molar-refractivity contribution < 1.29 is 33.7 Å². The minimum absolute atomic E-state index is 0.162. The van der Waals surface area contributed by atoms with Crippen molar-refractivity contribution in [3.8, 4) is 28.7 Å². The zero-order chi connectivity index (χ0) is 22.0. The van der Waals surface area contributed by atoms with Gasteiger partial charge in [0.25, 0.3) is 0 Å². The van der Waals surface area contributed by atoms with Gasteiger partial charge in [0.1, 0.15) is 18.0 Å². The number of rotatable bonds is 6. The van der Waals surface area contributed by atoms with Crippen molar-refractivity contribution in [3.05, 3.63) is 46.7 Å². The van der Waals surface area contributed by atoms with Crippen LogP contribution in [-0.2, 0) is 6.54 Å². The van der Waals surface area contributed by atoms with Crippen molar-refractivity contribution in [3.63, 3.8) is 0 Å². The summed E-state index contributed by atoms with van der Waals surface area (Å²) >= 11 is 0. The molecule has 0 saturated carbocycles. The van der Waals surface area contributed by atoms with Crippen molar-refractivity contribution in [2.75, 3.05) is 34.4 Å². The first-order valence-corrected chi connectivity index (χ1v) is 10.5. The van der Waals surface area contributed by atoms with Crippen molar-refractivity contribution in [1.29, 1.82) is 0 Å². The summed E-state index contributed by atoms with van der Waals surface area (Å²) in [7, 11) is 4.65. The molecule has 7 heteroatoms. The summed E-state index contributed by atoms with van der Waals surface area (Å²) in [6.45, 7) is 2.75. The summed E-state index contributed by atoms with van der Waals surface area (Å²) < 4.78 is 22.2. The highest BCUT2D eigenvalue weighted by Gasteiger charge is 2.33. The third-order valence-corrected chi connectivity index (χ3v) is 5.93. The minimum Gasteiger partial charge on any atom is -0.507 e. The van der Waals surface area contributed by atoms with Gasteiger partial charge < -0.3 is 29.0 Å². The second-order valence-corrected chi connectivity index (χ2v) is 7.82. The van der Waals surface area contributed by atoms with E-state index in [9.17, 15) is 9.90 Å². The number of carbonyl (C=O) groups is 1. The number of ketones is 1. The van der Waals surface area contributed by atoms with Crippen molar-refractivity contribution >= 4 is 11.9 Å². The molecule has 2 N–H and O–H groups in total. The molecule has 7 nitrogen and oxygen atoms in total. The third kappa shape index (κ3) is 4.05. The Morgan fingerprint density at radius 1 is 1.00 bits per heavy atom. The number of methoxy groups -OCH3 is 3. The van der Waals surface area contributed by atoms with Crippen LogP contribution in [0.4, 0.5) is 0 Å². The third-order valence-electron chi connectivity index (χ3n) is 5.93. The van der Waals surface area contributed by atoms with Gasteiger partial charge in [-0.1, -0.05) is 0 Å². The number of carbonyl (C=O) groups excluding carboxylic acids is 1. The lowest BCUT2D eigenvalue weighted by Crippen LogP contribution is -3.11. The summed E-state index contributed by atoms with van der Waals surface area (Å²) in [6.07, 6.45) is 5.24. The van der Waals surface area contributed by atoms with Crippen LogP contribution in [0.5, 0.6) is 28.7 Å². The standard InChI is InChI=1S/C24H27NO6/c1-28-19-13-21(30-3)20(29-2)11-15(19)12-22-23(27)16-7-8-18(26)17(24(16)31-22)14-25-9-5-4-6-10-25/h7-8,11-13,26H,4-6,9-10,14H2,1-3H3/p+1/b22-12+.